The molecule has 1 aliphatic rings. The fraction of sp³-hybridized carbons (Fsp3) is 0.556. The Balaban J connectivity index is 2.01. The molecule has 0 spiro atoms. The van der Waals surface area contributed by atoms with Gasteiger partial charge < -0.3 is 10.2 Å². The van der Waals surface area contributed by atoms with E-state index in [4.69, 9.17) is 5.11 Å². The highest BCUT2D eigenvalue weighted by Gasteiger charge is 2.33. The molecule has 1 saturated heterocycles. The minimum absolute atomic E-state index is 0.0329. The summed E-state index contributed by atoms with van der Waals surface area (Å²) in [4.78, 5) is 12.2. The molecule has 0 bridgehead atoms. The Kier molecular flexibility index (Phi) is 2.70. The zero-order valence-electron chi connectivity index (χ0n) is 8.15. The van der Waals surface area contributed by atoms with E-state index in [1.807, 2.05) is 0 Å². The normalized spacial score (nSPS) is 27.0. The second-order valence-corrected chi connectivity index (χ2v) is 3.71. The number of carbonyl (C=O) groups is 1. The van der Waals surface area contributed by atoms with Crippen LogP contribution in [0.5, 0.6) is 0 Å². The van der Waals surface area contributed by atoms with Crippen LogP contribution in [0.25, 0.3) is 0 Å². The van der Waals surface area contributed by atoms with Crippen molar-refractivity contribution < 1.29 is 15.0 Å². The maximum absolute atomic E-state index is 10.5. The zero-order valence-corrected chi connectivity index (χ0v) is 8.15. The molecule has 1 aromatic heterocycles. The van der Waals surface area contributed by atoms with Gasteiger partial charge in [0.2, 0.25) is 0 Å². The van der Waals surface area contributed by atoms with Gasteiger partial charge in [0.15, 0.2) is 0 Å². The average molecular weight is 211 g/mol. The molecule has 15 heavy (non-hydrogen) atoms. The Labute approximate surface area is 86.7 Å². The number of aliphatic hydroxyl groups is 1. The van der Waals surface area contributed by atoms with Crippen LogP contribution in [0, 0.1) is 0 Å². The fourth-order valence-corrected chi connectivity index (χ4v) is 1.90. The van der Waals surface area contributed by atoms with Crippen LogP contribution in [-0.2, 0) is 4.79 Å². The minimum atomic E-state index is -0.872. The van der Waals surface area contributed by atoms with Gasteiger partial charge in [-0.25, -0.2) is 0 Å². The lowest BCUT2D eigenvalue weighted by Gasteiger charge is -2.13. The molecule has 2 rings (SSSR count). The van der Waals surface area contributed by atoms with E-state index in [9.17, 15) is 9.90 Å². The Morgan fingerprint density at radius 2 is 2.33 bits per heavy atom. The van der Waals surface area contributed by atoms with Crippen molar-refractivity contribution >= 4 is 5.97 Å². The second-order valence-electron chi connectivity index (χ2n) is 3.71. The smallest absolute Gasteiger partial charge is 0.317 e. The van der Waals surface area contributed by atoms with Crippen molar-refractivity contribution in [3.05, 3.63) is 18.5 Å². The van der Waals surface area contributed by atoms with Gasteiger partial charge >= 0.3 is 5.97 Å². The Bertz CT molecular complexity index is 338. The van der Waals surface area contributed by atoms with Crippen LogP contribution >= 0.6 is 0 Å². The zero-order chi connectivity index (χ0) is 10.8. The number of rotatable bonds is 3. The lowest BCUT2D eigenvalue weighted by atomic mass is 10.2. The number of β-amino-alcohol motifs (C(OH)–C–C–N with tert-alkyl or cyclic N) is 1. The summed E-state index contributed by atoms with van der Waals surface area (Å²) in [5.41, 5.74) is 0. The maximum atomic E-state index is 10.5. The third kappa shape index (κ3) is 2.16. The van der Waals surface area contributed by atoms with Gasteiger partial charge in [-0.1, -0.05) is 0 Å². The van der Waals surface area contributed by atoms with E-state index < -0.39 is 12.1 Å². The van der Waals surface area contributed by atoms with E-state index in [2.05, 4.69) is 5.10 Å². The van der Waals surface area contributed by atoms with Crippen molar-refractivity contribution in [1.29, 1.82) is 0 Å². The van der Waals surface area contributed by atoms with Gasteiger partial charge in [-0.3, -0.25) is 14.4 Å². The molecule has 0 radical (unpaired) electrons. The Hall–Kier alpha value is -1.40. The molecule has 2 unspecified atom stereocenters. The van der Waals surface area contributed by atoms with Gasteiger partial charge in [-0.2, -0.15) is 5.10 Å². The molecule has 2 atom stereocenters. The highest BCUT2D eigenvalue weighted by atomic mass is 16.4. The molecular formula is C9H13N3O3. The van der Waals surface area contributed by atoms with E-state index in [1.54, 1.807) is 28.0 Å². The van der Waals surface area contributed by atoms with Crippen molar-refractivity contribution in [3.8, 4) is 0 Å². The number of carboxylic acid groups (broad SMARTS) is 1. The number of aliphatic hydroxyl groups excluding tert-OH is 1. The van der Waals surface area contributed by atoms with Crippen LogP contribution in [0.1, 0.15) is 6.04 Å². The first-order valence-corrected chi connectivity index (χ1v) is 4.78. The van der Waals surface area contributed by atoms with E-state index >= 15 is 0 Å². The minimum Gasteiger partial charge on any atom is -0.480 e. The Morgan fingerprint density at radius 1 is 1.53 bits per heavy atom. The van der Waals surface area contributed by atoms with E-state index in [1.165, 1.54) is 0 Å². The molecule has 2 N–H and O–H groups in total. The summed E-state index contributed by atoms with van der Waals surface area (Å²) >= 11 is 0. The molecule has 1 aromatic rings. The van der Waals surface area contributed by atoms with Gasteiger partial charge in [-0.05, 0) is 6.07 Å². The molecule has 0 aliphatic carbocycles. The van der Waals surface area contributed by atoms with Gasteiger partial charge in [-0.15, -0.1) is 0 Å². The molecule has 1 fully saturated rings. The number of aromatic nitrogens is 2. The number of hydrogen-bond donors (Lipinski definition) is 2. The predicted octanol–water partition coefficient (Wildman–Crippen LogP) is -0.815. The largest absolute Gasteiger partial charge is 0.480 e. The summed E-state index contributed by atoms with van der Waals surface area (Å²) in [5, 5.41) is 22.4. The van der Waals surface area contributed by atoms with Crippen molar-refractivity contribution in [2.24, 2.45) is 0 Å². The molecule has 1 aliphatic heterocycles. The molecule has 82 valence electrons. The first-order chi connectivity index (χ1) is 7.16. The molecule has 6 nitrogen and oxygen atoms in total. The molecule has 2 heterocycles. The third-order valence-electron chi connectivity index (χ3n) is 2.56. The molecule has 6 heteroatoms. The highest BCUT2D eigenvalue weighted by Crippen LogP contribution is 2.20. The van der Waals surface area contributed by atoms with Crippen molar-refractivity contribution in [1.82, 2.24) is 14.7 Å². The highest BCUT2D eigenvalue weighted by molar-refractivity contribution is 5.69. The molecule has 0 saturated carbocycles. The van der Waals surface area contributed by atoms with Crippen molar-refractivity contribution in [3.63, 3.8) is 0 Å². The van der Waals surface area contributed by atoms with E-state index in [0.717, 1.165) is 0 Å². The second kappa shape index (κ2) is 4.00. The van der Waals surface area contributed by atoms with Crippen molar-refractivity contribution in [2.75, 3.05) is 19.6 Å². The number of carboxylic acids is 1. The first kappa shape index (κ1) is 10.1. The van der Waals surface area contributed by atoms with Gasteiger partial charge in [0.1, 0.15) is 0 Å². The summed E-state index contributed by atoms with van der Waals surface area (Å²) in [5.74, 6) is -0.872. The molecular weight excluding hydrogens is 198 g/mol. The quantitative estimate of drug-likeness (QED) is 0.683. The predicted molar refractivity (Wildman–Crippen MR) is 51.3 cm³/mol. The van der Waals surface area contributed by atoms with Gasteiger partial charge in [0.25, 0.3) is 0 Å². The van der Waals surface area contributed by atoms with Crippen LogP contribution in [0.15, 0.2) is 18.5 Å². The summed E-state index contributed by atoms with van der Waals surface area (Å²) in [6.07, 6.45) is 2.87. The van der Waals surface area contributed by atoms with Crippen LogP contribution in [0.2, 0.25) is 0 Å². The molecule has 0 amide bonds. The first-order valence-electron chi connectivity index (χ1n) is 4.78. The van der Waals surface area contributed by atoms with Crippen LogP contribution in [-0.4, -0.2) is 56.6 Å². The third-order valence-corrected chi connectivity index (χ3v) is 2.56. The molecule has 0 aromatic carbocycles. The topological polar surface area (TPSA) is 78.6 Å². The van der Waals surface area contributed by atoms with Crippen LogP contribution < -0.4 is 0 Å². The summed E-state index contributed by atoms with van der Waals surface area (Å²) in [6.45, 7) is 0.876. The summed E-state index contributed by atoms with van der Waals surface area (Å²) < 4.78 is 1.67. The number of hydrogen-bond acceptors (Lipinski definition) is 4. The van der Waals surface area contributed by atoms with Crippen molar-refractivity contribution in [2.45, 2.75) is 12.1 Å². The number of aliphatic carboxylic acids is 1. The maximum Gasteiger partial charge on any atom is 0.317 e. The fourth-order valence-electron chi connectivity index (χ4n) is 1.90. The van der Waals surface area contributed by atoms with E-state index in [0.29, 0.717) is 13.1 Å². The average Bonchev–Trinajstić information content (AvgIpc) is 2.72. The van der Waals surface area contributed by atoms with E-state index in [-0.39, 0.29) is 12.6 Å². The standard InChI is InChI=1S/C9H13N3O3/c13-8-5-11(6-9(14)15)4-7(8)12-3-1-2-10-12/h1-3,7-8,13H,4-6H2,(H,14,15). The SMILES string of the molecule is O=C(O)CN1CC(O)C(n2cccn2)C1. The van der Waals surface area contributed by atoms with Gasteiger partial charge in [0, 0.05) is 25.5 Å². The number of nitrogens with zero attached hydrogens (tertiary/aromatic N) is 3. The summed E-state index contributed by atoms with van der Waals surface area (Å²) in [6, 6.07) is 1.64. The van der Waals surface area contributed by atoms with Crippen LogP contribution in [0.4, 0.5) is 0 Å². The Morgan fingerprint density at radius 3 is 2.93 bits per heavy atom. The lowest BCUT2D eigenvalue weighted by molar-refractivity contribution is -0.138. The monoisotopic (exact) mass is 211 g/mol. The van der Waals surface area contributed by atoms with Gasteiger partial charge in [0.05, 0.1) is 18.7 Å². The lowest BCUT2D eigenvalue weighted by Crippen LogP contribution is -2.28. The number of likely N-dealkylation sites (tertiary alicyclic amines) is 1. The summed E-state index contributed by atoms with van der Waals surface area (Å²) in [7, 11) is 0. The van der Waals surface area contributed by atoms with Crippen LogP contribution in [0.3, 0.4) is 0 Å².